The summed E-state index contributed by atoms with van der Waals surface area (Å²) in [5.41, 5.74) is 4.95. The molecule has 26 heavy (non-hydrogen) atoms. The molecule has 1 heterocycles. The molecular formula is C20H25N3O2S. The topological polar surface area (TPSA) is 59.2 Å². The van der Waals surface area contributed by atoms with Crippen LogP contribution in [-0.4, -0.2) is 23.5 Å². The highest BCUT2D eigenvalue weighted by atomic mass is 32.2. The van der Waals surface area contributed by atoms with Crippen molar-refractivity contribution in [2.75, 3.05) is 19.0 Å². The summed E-state index contributed by atoms with van der Waals surface area (Å²) in [6.45, 7) is 4.18. The van der Waals surface area contributed by atoms with Crippen molar-refractivity contribution in [3.8, 4) is 11.1 Å². The van der Waals surface area contributed by atoms with Crippen LogP contribution in [-0.2, 0) is 13.5 Å². The van der Waals surface area contributed by atoms with E-state index in [1.54, 1.807) is 19.0 Å². The molecule has 2 aromatic carbocycles. The number of aromatic nitrogens is 1. The Labute approximate surface area is 157 Å². The molecule has 0 amide bonds. The summed E-state index contributed by atoms with van der Waals surface area (Å²) < 4.78 is 10.1. The Morgan fingerprint density at radius 2 is 1.85 bits per heavy atom. The van der Waals surface area contributed by atoms with Gasteiger partial charge in [0.25, 0.3) is 0 Å². The van der Waals surface area contributed by atoms with Gasteiger partial charge >= 0.3 is 5.76 Å². The standard InChI is InChI=1S/C20H25N3O2S/c1-3-11-21-14-26-22-12-10-15-4-6-16(7-5-15)17-8-9-19-18(13-17)23(2)20(24)25-19/h4-9,13,21-22H,3,10-12,14H2,1-2H3. The molecule has 3 aromatic rings. The molecule has 0 fully saturated rings. The molecule has 6 heteroatoms. The average molecular weight is 372 g/mol. The second-order valence-corrected chi connectivity index (χ2v) is 7.11. The second kappa shape index (κ2) is 9.07. The lowest BCUT2D eigenvalue weighted by Crippen LogP contribution is -2.18. The van der Waals surface area contributed by atoms with Crippen LogP contribution in [0.2, 0.25) is 0 Å². The number of benzene rings is 2. The van der Waals surface area contributed by atoms with Crippen LogP contribution in [0, 0.1) is 0 Å². The van der Waals surface area contributed by atoms with Gasteiger partial charge in [0.1, 0.15) is 0 Å². The first-order valence-electron chi connectivity index (χ1n) is 8.93. The predicted molar refractivity (Wildman–Crippen MR) is 109 cm³/mol. The number of nitrogens with one attached hydrogen (secondary N) is 2. The van der Waals surface area contributed by atoms with Gasteiger partial charge in [0.05, 0.1) is 11.4 Å². The first-order valence-corrected chi connectivity index (χ1v) is 9.92. The van der Waals surface area contributed by atoms with E-state index in [1.165, 1.54) is 10.1 Å². The van der Waals surface area contributed by atoms with Crippen molar-refractivity contribution in [1.82, 2.24) is 14.6 Å². The minimum absolute atomic E-state index is 0.331. The lowest BCUT2D eigenvalue weighted by atomic mass is 10.0. The van der Waals surface area contributed by atoms with Crippen LogP contribution in [0.5, 0.6) is 0 Å². The summed E-state index contributed by atoms with van der Waals surface area (Å²) in [4.78, 5) is 11.6. The predicted octanol–water partition coefficient (Wildman–Crippen LogP) is 3.54. The normalized spacial score (nSPS) is 11.3. The van der Waals surface area contributed by atoms with Gasteiger partial charge in [-0.2, -0.15) is 0 Å². The van der Waals surface area contributed by atoms with E-state index in [1.807, 2.05) is 18.2 Å². The molecule has 0 saturated heterocycles. The Kier molecular flexibility index (Phi) is 6.55. The zero-order valence-corrected chi connectivity index (χ0v) is 16.1. The van der Waals surface area contributed by atoms with E-state index >= 15 is 0 Å². The maximum atomic E-state index is 11.6. The van der Waals surface area contributed by atoms with Crippen molar-refractivity contribution in [2.45, 2.75) is 19.8 Å². The zero-order chi connectivity index (χ0) is 18.4. The molecule has 0 aliphatic heterocycles. The molecule has 0 aliphatic rings. The van der Waals surface area contributed by atoms with Crippen molar-refractivity contribution in [3.05, 3.63) is 58.6 Å². The van der Waals surface area contributed by atoms with E-state index in [0.29, 0.717) is 5.58 Å². The minimum atomic E-state index is -0.331. The van der Waals surface area contributed by atoms with E-state index in [2.05, 4.69) is 41.2 Å². The van der Waals surface area contributed by atoms with Gasteiger partial charge in [-0.15, -0.1) is 0 Å². The number of rotatable bonds is 9. The monoisotopic (exact) mass is 371 g/mol. The smallest absolute Gasteiger partial charge is 0.408 e. The molecule has 138 valence electrons. The van der Waals surface area contributed by atoms with E-state index in [4.69, 9.17) is 4.42 Å². The lowest BCUT2D eigenvalue weighted by molar-refractivity contribution is 0.528. The number of hydrogen-bond donors (Lipinski definition) is 2. The Hall–Kier alpha value is -2.02. The fourth-order valence-electron chi connectivity index (χ4n) is 2.79. The van der Waals surface area contributed by atoms with Crippen LogP contribution in [0.15, 0.2) is 51.7 Å². The van der Waals surface area contributed by atoms with Gasteiger partial charge in [0.2, 0.25) is 0 Å². The Morgan fingerprint density at radius 1 is 1.08 bits per heavy atom. The maximum absolute atomic E-state index is 11.6. The fourth-order valence-corrected chi connectivity index (χ4v) is 3.38. The van der Waals surface area contributed by atoms with Crippen molar-refractivity contribution >= 4 is 23.0 Å². The first-order chi connectivity index (χ1) is 12.7. The van der Waals surface area contributed by atoms with Crippen molar-refractivity contribution < 1.29 is 4.42 Å². The molecule has 0 radical (unpaired) electrons. The summed E-state index contributed by atoms with van der Waals surface area (Å²) in [5.74, 6) is 0.606. The number of oxazole rings is 1. The molecule has 0 unspecified atom stereocenters. The quantitative estimate of drug-likeness (QED) is 0.342. The van der Waals surface area contributed by atoms with Crippen molar-refractivity contribution in [3.63, 3.8) is 0 Å². The molecular weight excluding hydrogens is 346 g/mol. The van der Waals surface area contributed by atoms with Gasteiger partial charge in [-0.05, 0) is 48.2 Å². The van der Waals surface area contributed by atoms with Crippen LogP contribution >= 0.6 is 11.9 Å². The molecule has 0 bridgehead atoms. The summed E-state index contributed by atoms with van der Waals surface area (Å²) in [5, 5.41) is 3.35. The molecule has 0 spiro atoms. The highest BCUT2D eigenvalue weighted by Crippen LogP contribution is 2.24. The third-order valence-electron chi connectivity index (χ3n) is 4.30. The Morgan fingerprint density at radius 3 is 2.62 bits per heavy atom. The van der Waals surface area contributed by atoms with E-state index in [0.717, 1.165) is 48.5 Å². The molecule has 3 rings (SSSR count). The Bertz CT molecular complexity index is 900. The van der Waals surface area contributed by atoms with Crippen LogP contribution in [0.25, 0.3) is 22.2 Å². The molecule has 2 N–H and O–H groups in total. The minimum Gasteiger partial charge on any atom is -0.408 e. The van der Waals surface area contributed by atoms with E-state index < -0.39 is 0 Å². The molecule has 0 aliphatic carbocycles. The number of nitrogens with zero attached hydrogens (tertiary/aromatic N) is 1. The van der Waals surface area contributed by atoms with Gasteiger partial charge in [-0.25, -0.2) is 4.79 Å². The third-order valence-corrected chi connectivity index (χ3v) is 5.05. The zero-order valence-electron chi connectivity index (χ0n) is 15.2. The van der Waals surface area contributed by atoms with Gasteiger partial charge < -0.3 is 9.73 Å². The number of aryl methyl sites for hydroxylation is 1. The van der Waals surface area contributed by atoms with Crippen LogP contribution in [0.4, 0.5) is 0 Å². The van der Waals surface area contributed by atoms with Crippen LogP contribution in [0.3, 0.4) is 0 Å². The SMILES string of the molecule is CCCNCSNCCc1ccc(-c2ccc3oc(=O)n(C)c3c2)cc1. The summed E-state index contributed by atoms with van der Waals surface area (Å²) in [6.07, 6.45) is 2.16. The van der Waals surface area contributed by atoms with Crippen LogP contribution in [0.1, 0.15) is 18.9 Å². The van der Waals surface area contributed by atoms with Crippen molar-refractivity contribution in [1.29, 1.82) is 0 Å². The van der Waals surface area contributed by atoms with Crippen LogP contribution < -0.4 is 15.8 Å². The highest BCUT2D eigenvalue weighted by Gasteiger charge is 2.07. The molecule has 1 aromatic heterocycles. The summed E-state index contributed by atoms with van der Waals surface area (Å²) >= 11 is 1.72. The largest absolute Gasteiger partial charge is 0.419 e. The maximum Gasteiger partial charge on any atom is 0.419 e. The molecule has 0 saturated carbocycles. The van der Waals surface area contributed by atoms with Gasteiger partial charge in [0.15, 0.2) is 5.58 Å². The first kappa shape index (κ1) is 18.8. The number of hydrogen-bond acceptors (Lipinski definition) is 5. The van der Waals surface area contributed by atoms with Crippen molar-refractivity contribution in [2.24, 2.45) is 7.05 Å². The highest BCUT2D eigenvalue weighted by molar-refractivity contribution is 7.97. The average Bonchev–Trinajstić information content (AvgIpc) is 2.95. The van der Waals surface area contributed by atoms with Gasteiger partial charge in [-0.1, -0.05) is 49.2 Å². The number of fused-ring (bicyclic) bond motifs is 1. The van der Waals surface area contributed by atoms with E-state index in [9.17, 15) is 4.79 Å². The van der Waals surface area contributed by atoms with Gasteiger partial charge in [0, 0.05) is 13.6 Å². The molecule has 5 nitrogen and oxygen atoms in total. The lowest BCUT2D eigenvalue weighted by Gasteiger charge is -2.07. The molecule has 0 atom stereocenters. The Balaban J connectivity index is 1.57. The summed E-state index contributed by atoms with van der Waals surface area (Å²) in [7, 11) is 1.73. The fraction of sp³-hybridized carbons (Fsp3) is 0.350. The second-order valence-electron chi connectivity index (χ2n) is 6.24. The third kappa shape index (κ3) is 4.58. The van der Waals surface area contributed by atoms with Gasteiger partial charge in [-0.3, -0.25) is 9.29 Å². The summed E-state index contributed by atoms with van der Waals surface area (Å²) in [6, 6.07) is 14.4. The van der Waals surface area contributed by atoms with E-state index in [-0.39, 0.29) is 5.76 Å².